The van der Waals surface area contributed by atoms with Crippen molar-refractivity contribution in [2.45, 2.75) is 31.3 Å². The average Bonchev–Trinajstić information content (AvgIpc) is 3.19. The number of nitrogens with zero attached hydrogens (tertiary/aromatic N) is 2. The zero-order chi connectivity index (χ0) is 26.0. The second-order valence-corrected chi connectivity index (χ2v) is 8.60. The molecule has 14 heteroatoms. The molecule has 1 unspecified atom stereocenters. The van der Waals surface area contributed by atoms with E-state index >= 15 is 0 Å². The maximum absolute atomic E-state index is 14.1. The summed E-state index contributed by atoms with van der Waals surface area (Å²) in [5.41, 5.74) is -2.71. The Labute approximate surface area is 205 Å². The highest BCUT2D eigenvalue weighted by molar-refractivity contribution is 6.34. The van der Waals surface area contributed by atoms with E-state index in [2.05, 4.69) is 20.8 Å². The summed E-state index contributed by atoms with van der Waals surface area (Å²) in [6.07, 6.45) is -8.75. The van der Waals surface area contributed by atoms with Gasteiger partial charge in [0.2, 0.25) is 0 Å². The van der Waals surface area contributed by atoms with E-state index in [-0.39, 0.29) is 45.7 Å². The molecule has 1 atom stereocenters. The molecule has 35 heavy (non-hydrogen) atoms. The predicted octanol–water partition coefficient (Wildman–Crippen LogP) is 5.16. The number of hydrogen-bond acceptors (Lipinski definition) is 5. The summed E-state index contributed by atoms with van der Waals surface area (Å²) < 4.78 is 78.7. The van der Waals surface area contributed by atoms with Crippen molar-refractivity contribution in [2.75, 3.05) is 19.6 Å². The number of pyridine rings is 1. The second kappa shape index (κ2) is 10.2. The minimum atomic E-state index is -4.87. The number of rotatable bonds is 7. The van der Waals surface area contributed by atoms with Crippen LogP contribution in [0.5, 0.6) is 0 Å². The first kappa shape index (κ1) is 27.0. The van der Waals surface area contributed by atoms with Gasteiger partial charge in [-0.2, -0.15) is 26.3 Å². The van der Waals surface area contributed by atoms with Crippen LogP contribution in [-0.2, 0) is 10.4 Å². The topological polar surface area (TPSA) is 75.6 Å². The summed E-state index contributed by atoms with van der Waals surface area (Å²) >= 11 is 11.8. The van der Waals surface area contributed by atoms with Crippen LogP contribution in [0.15, 0.2) is 35.6 Å². The summed E-state index contributed by atoms with van der Waals surface area (Å²) in [5, 5.41) is 8.18. The molecule has 0 bridgehead atoms. The highest BCUT2D eigenvalue weighted by Gasteiger charge is 2.62. The highest BCUT2D eigenvalue weighted by atomic mass is 35.5. The summed E-state index contributed by atoms with van der Waals surface area (Å²) in [7, 11) is 0. The number of hydrogen-bond donors (Lipinski definition) is 2. The molecule has 2 heterocycles. The van der Waals surface area contributed by atoms with E-state index in [1.54, 1.807) is 0 Å². The van der Waals surface area contributed by atoms with Gasteiger partial charge in [0.25, 0.3) is 11.5 Å². The molecule has 0 saturated heterocycles. The van der Waals surface area contributed by atoms with E-state index in [4.69, 9.17) is 28.0 Å². The Bertz CT molecular complexity index is 1120. The molecule has 1 aliphatic rings. The third kappa shape index (κ3) is 6.36. The lowest BCUT2D eigenvalue weighted by molar-refractivity contribution is -0.275. The Balaban J connectivity index is 1.73. The summed E-state index contributed by atoms with van der Waals surface area (Å²) in [6, 6.07) is 4.90. The maximum atomic E-state index is 14.1. The van der Waals surface area contributed by atoms with Crippen molar-refractivity contribution in [1.82, 2.24) is 15.6 Å². The van der Waals surface area contributed by atoms with E-state index in [1.165, 1.54) is 25.3 Å². The number of carbonyl (C=O) groups excluding carboxylic acids is 1. The van der Waals surface area contributed by atoms with Gasteiger partial charge in [-0.1, -0.05) is 28.4 Å². The van der Waals surface area contributed by atoms with E-state index in [0.717, 1.165) is 12.1 Å². The van der Waals surface area contributed by atoms with Crippen LogP contribution in [0.25, 0.3) is 0 Å². The minimum absolute atomic E-state index is 0.00495. The lowest BCUT2D eigenvalue weighted by atomic mass is 9.86. The van der Waals surface area contributed by atoms with Gasteiger partial charge in [0.1, 0.15) is 5.69 Å². The summed E-state index contributed by atoms with van der Waals surface area (Å²) in [5.74, 6) is -0.648. The third-order valence-electron chi connectivity index (χ3n) is 5.05. The molecule has 3 rings (SSSR count). The van der Waals surface area contributed by atoms with Gasteiger partial charge in [-0.25, -0.2) is 0 Å². The normalized spacial score (nSPS) is 18.3. The molecule has 2 N–H and O–H groups in total. The number of alkyl halides is 6. The Hall–Kier alpha value is -2.57. The van der Waals surface area contributed by atoms with Crippen molar-refractivity contribution in [2.24, 2.45) is 5.16 Å². The van der Waals surface area contributed by atoms with Gasteiger partial charge < -0.3 is 15.5 Å². The van der Waals surface area contributed by atoms with Gasteiger partial charge in [0.15, 0.2) is 0 Å². The van der Waals surface area contributed by atoms with Crippen molar-refractivity contribution in [3.8, 4) is 0 Å². The number of aromatic nitrogens is 1. The average molecular weight is 543 g/mol. The number of amides is 1. The third-order valence-corrected chi connectivity index (χ3v) is 5.49. The number of aryl methyl sites for hydroxylation is 1. The Morgan fingerprint density at radius 2 is 1.74 bits per heavy atom. The lowest BCUT2D eigenvalue weighted by Crippen LogP contribution is -2.42. The van der Waals surface area contributed by atoms with Crippen molar-refractivity contribution < 1.29 is 36.0 Å². The van der Waals surface area contributed by atoms with Crippen LogP contribution in [0, 0.1) is 6.92 Å². The SMILES string of the molecule is Cc1cc(C2=NOC(c3cc(Cl)cc(Cl)c3)(C(F)(F)F)C2)cnc1C(=O)NCCNCC(F)(F)F. The van der Waals surface area contributed by atoms with Gasteiger partial charge in [0.05, 0.1) is 18.7 Å². The fraction of sp³-hybridized carbons (Fsp3) is 0.381. The highest BCUT2D eigenvalue weighted by Crippen LogP contribution is 2.49. The van der Waals surface area contributed by atoms with Gasteiger partial charge in [0, 0.05) is 40.5 Å². The van der Waals surface area contributed by atoms with Crippen LogP contribution in [0.3, 0.4) is 0 Å². The summed E-state index contributed by atoms with van der Waals surface area (Å²) in [4.78, 5) is 21.2. The number of halogens is 8. The van der Waals surface area contributed by atoms with Crippen LogP contribution in [-0.4, -0.2) is 48.6 Å². The maximum Gasteiger partial charge on any atom is 0.435 e. The molecular formula is C21H18Cl2F6N4O2. The Kier molecular flexibility index (Phi) is 7.87. The molecule has 0 spiro atoms. The van der Waals surface area contributed by atoms with Gasteiger partial charge in [-0.15, -0.1) is 0 Å². The monoisotopic (exact) mass is 542 g/mol. The van der Waals surface area contributed by atoms with Crippen molar-refractivity contribution in [3.05, 3.63) is 62.9 Å². The van der Waals surface area contributed by atoms with Crippen LogP contribution >= 0.6 is 23.2 Å². The first-order valence-corrected chi connectivity index (χ1v) is 10.8. The van der Waals surface area contributed by atoms with Crippen molar-refractivity contribution in [1.29, 1.82) is 0 Å². The van der Waals surface area contributed by atoms with E-state index in [0.29, 0.717) is 5.56 Å². The first-order valence-electron chi connectivity index (χ1n) is 10.0. The van der Waals surface area contributed by atoms with E-state index in [1.807, 2.05) is 0 Å². The smallest absolute Gasteiger partial charge is 0.374 e. The quantitative estimate of drug-likeness (QED) is 0.374. The second-order valence-electron chi connectivity index (χ2n) is 7.73. The molecular weight excluding hydrogens is 525 g/mol. The molecule has 1 aromatic heterocycles. The van der Waals surface area contributed by atoms with Crippen LogP contribution in [0.2, 0.25) is 10.0 Å². The fourth-order valence-corrected chi connectivity index (χ4v) is 3.92. The molecule has 6 nitrogen and oxygen atoms in total. The molecule has 1 aromatic carbocycles. The van der Waals surface area contributed by atoms with Crippen molar-refractivity contribution >= 4 is 34.8 Å². The first-order chi connectivity index (χ1) is 16.2. The zero-order valence-corrected chi connectivity index (χ0v) is 19.5. The standard InChI is InChI=1S/C21H18Cl2F6N4O2/c1-11-4-12(9-32-17(11)18(34)31-3-2-30-10-20(24,25)26)16-8-19(35-33-16,21(27,28)29)13-5-14(22)7-15(23)6-13/h4-7,9,30H,2-3,8,10H2,1H3,(H,31,34). The minimum Gasteiger partial charge on any atom is -0.374 e. The molecule has 190 valence electrons. The Morgan fingerprint density at radius 3 is 2.31 bits per heavy atom. The lowest BCUT2D eigenvalue weighted by Gasteiger charge is -2.29. The Morgan fingerprint density at radius 1 is 1.09 bits per heavy atom. The zero-order valence-electron chi connectivity index (χ0n) is 17.9. The number of oxime groups is 1. The van der Waals surface area contributed by atoms with E-state index < -0.39 is 36.8 Å². The molecule has 0 fully saturated rings. The molecule has 1 amide bonds. The molecule has 1 aliphatic heterocycles. The predicted molar refractivity (Wildman–Crippen MR) is 117 cm³/mol. The van der Waals surface area contributed by atoms with E-state index in [9.17, 15) is 31.1 Å². The number of nitrogens with one attached hydrogen (secondary N) is 2. The molecule has 2 aromatic rings. The molecule has 0 aliphatic carbocycles. The molecule has 0 radical (unpaired) electrons. The summed E-state index contributed by atoms with van der Waals surface area (Å²) in [6.45, 7) is 0.107. The fourth-order valence-electron chi connectivity index (χ4n) is 3.39. The number of benzene rings is 1. The largest absolute Gasteiger partial charge is 0.435 e. The van der Waals surface area contributed by atoms with Gasteiger partial charge in [-0.05, 0) is 36.8 Å². The van der Waals surface area contributed by atoms with Crippen LogP contribution < -0.4 is 10.6 Å². The number of carbonyl (C=O) groups is 1. The van der Waals surface area contributed by atoms with Crippen LogP contribution in [0.1, 0.15) is 33.6 Å². The van der Waals surface area contributed by atoms with Gasteiger partial charge in [-0.3, -0.25) is 9.78 Å². The molecule has 0 saturated carbocycles. The van der Waals surface area contributed by atoms with Gasteiger partial charge >= 0.3 is 12.4 Å². The van der Waals surface area contributed by atoms with Crippen LogP contribution in [0.4, 0.5) is 26.3 Å². The van der Waals surface area contributed by atoms with Crippen molar-refractivity contribution in [3.63, 3.8) is 0 Å².